The predicted octanol–water partition coefficient (Wildman–Crippen LogP) is 5.92. The number of fused-ring (bicyclic) bond motifs is 1. The smallest absolute Gasteiger partial charge is 0.410 e. The lowest BCUT2D eigenvalue weighted by atomic mass is 9.96. The summed E-state index contributed by atoms with van der Waals surface area (Å²) in [4.78, 5) is 36.9. The average molecular weight is 598 g/mol. The third-order valence-corrected chi connectivity index (χ3v) is 8.85. The molecule has 9 nitrogen and oxygen atoms in total. The van der Waals surface area contributed by atoms with E-state index in [1.54, 1.807) is 16.5 Å². The molecule has 42 heavy (non-hydrogen) atoms. The van der Waals surface area contributed by atoms with Crippen LogP contribution >= 0.6 is 10.0 Å². The van der Waals surface area contributed by atoms with Crippen molar-refractivity contribution >= 4 is 32.7 Å². The van der Waals surface area contributed by atoms with Crippen molar-refractivity contribution in [3.63, 3.8) is 0 Å². The second-order valence-electron chi connectivity index (χ2n) is 13.3. The van der Waals surface area contributed by atoms with E-state index in [0.717, 1.165) is 57.8 Å². The number of rotatable bonds is 8. The Morgan fingerprint density at radius 3 is 2.43 bits per heavy atom. The van der Waals surface area contributed by atoms with Gasteiger partial charge in [-0.3, -0.25) is 4.79 Å². The quantitative estimate of drug-likeness (QED) is 0.299. The highest BCUT2D eigenvalue weighted by molar-refractivity contribution is 8.32. The van der Waals surface area contributed by atoms with Crippen molar-refractivity contribution < 1.29 is 14.3 Å². The monoisotopic (exact) mass is 597 g/mol. The highest BCUT2D eigenvalue weighted by Gasteiger charge is 2.30. The Bertz CT molecular complexity index is 1510. The van der Waals surface area contributed by atoms with Gasteiger partial charge < -0.3 is 23.5 Å². The van der Waals surface area contributed by atoms with E-state index in [1.807, 2.05) is 53.1 Å². The molecular weight excluding hydrogens is 550 g/mol. The van der Waals surface area contributed by atoms with Crippen LogP contribution in [0.3, 0.4) is 0 Å². The van der Waals surface area contributed by atoms with Crippen LogP contribution < -0.4 is 5.56 Å². The Labute approximate surface area is 251 Å². The second kappa shape index (κ2) is 12.2. The maximum Gasteiger partial charge on any atom is 0.410 e. The molecule has 0 saturated carbocycles. The number of amides is 1. The fourth-order valence-electron chi connectivity index (χ4n) is 5.29. The van der Waals surface area contributed by atoms with Crippen LogP contribution in [0.25, 0.3) is 27.9 Å². The number of piperidine rings is 1. The fourth-order valence-corrected chi connectivity index (χ4v) is 5.91. The maximum atomic E-state index is 12.6. The van der Waals surface area contributed by atoms with Crippen molar-refractivity contribution in [2.75, 3.05) is 44.2 Å². The molecule has 4 rings (SSSR count). The minimum absolute atomic E-state index is 0.0255. The first-order valence-corrected chi connectivity index (χ1v) is 17.5. The first-order valence-electron chi connectivity index (χ1n) is 14.5. The molecule has 0 radical (unpaired) electrons. The molecule has 3 aromatic heterocycles. The summed E-state index contributed by atoms with van der Waals surface area (Å²) in [7, 11) is 1.09. The van der Waals surface area contributed by atoms with Crippen LogP contribution in [0, 0.1) is 6.92 Å². The zero-order valence-electron chi connectivity index (χ0n) is 26.7. The van der Waals surface area contributed by atoms with E-state index in [0.29, 0.717) is 32.0 Å². The zero-order chi connectivity index (χ0) is 31.0. The standard InChI is InChI=1S/C32H47N5O4S/c1-21(2)26-27-25(18-33-29(34-27)23-11-13-36(14-12-23)31(39)41-32(4,5)6)37(20-40-15-16-42(8,9)10)28(26)24-17-22(3)30(38)35(7)19-24/h17-19,23H,1,11-16,20H2,2-10H3. The number of allylic oxidation sites excluding steroid dienone is 1. The molecule has 1 aliphatic heterocycles. The van der Waals surface area contributed by atoms with Crippen LogP contribution in [-0.2, 0) is 23.3 Å². The molecule has 1 fully saturated rings. The molecule has 0 bridgehead atoms. The van der Waals surface area contributed by atoms with Gasteiger partial charge >= 0.3 is 6.09 Å². The van der Waals surface area contributed by atoms with Gasteiger partial charge in [-0.25, -0.2) is 24.8 Å². The van der Waals surface area contributed by atoms with Gasteiger partial charge in [-0.2, -0.15) is 0 Å². The number of aromatic nitrogens is 4. The summed E-state index contributed by atoms with van der Waals surface area (Å²) in [6.45, 7) is 16.0. The van der Waals surface area contributed by atoms with Gasteiger partial charge in [-0.05, 0) is 77.9 Å². The highest BCUT2D eigenvalue weighted by atomic mass is 32.3. The van der Waals surface area contributed by atoms with Gasteiger partial charge in [0.25, 0.3) is 5.56 Å². The summed E-state index contributed by atoms with van der Waals surface area (Å²) in [6, 6.07) is 1.93. The molecule has 0 aliphatic carbocycles. The summed E-state index contributed by atoms with van der Waals surface area (Å²) in [6.07, 6.45) is 11.9. The molecule has 4 heterocycles. The van der Waals surface area contributed by atoms with Crippen molar-refractivity contribution in [1.82, 2.24) is 24.0 Å². The third-order valence-electron chi connectivity index (χ3n) is 7.46. The van der Waals surface area contributed by atoms with Crippen LogP contribution in [-0.4, -0.2) is 79.9 Å². The van der Waals surface area contributed by atoms with E-state index in [4.69, 9.17) is 19.4 Å². The van der Waals surface area contributed by atoms with Gasteiger partial charge in [-0.15, -0.1) is 0 Å². The van der Waals surface area contributed by atoms with E-state index in [2.05, 4.69) is 29.9 Å². The van der Waals surface area contributed by atoms with Gasteiger partial charge in [0, 0.05) is 54.7 Å². The van der Waals surface area contributed by atoms with E-state index >= 15 is 0 Å². The Kier molecular flexibility index (Phi) is 9.28. The Balaban J connectivity index is 1.73. The van der Waals surface area contributed by atoms with Gasteiger partial charge in [0.1, 0.15) is 23.7 Å². The molecule has 0 N–H and O–H groups in total. The molecule has 3 aromatic rings. The summed E-state index contributed by atoms with van der Waals surface area (Å²) in [5, 5.41) is 0. The molecule has 230 valence electrons. The largest absolute Gasteiger partial charge is 0.444 e. The predicted molar refractivity (Wildman–Crippen MR) is 174 cm³/mol. The maximum absolute atomic E-state index is 12.6. The van der Waals surface area contributed by atoms with Gasteiger partial charge in [-0.1, -0.05) is 6.58 Å². The number of ether oxygens (including phenoxy) is 2. The third kappa shape index (κ3) is 7.26. The van der Waals surface area contributed by atoms with E-state index < -0.39 is 15.6 Å². The number of carbonyl (C=O) groups is 1. The molecule has 1 aliphatic rings. The number of nitrogens with zero attached hydrogens (tertiary/aromatic N) is 5. The highest BCUT2D eigenvalue weighted by Crippen LogP contribution is 2.38. The topological polar surface area (TPSA) is 91.5 Å². The normalized spacial score (nSPS) is 15.3. The SMILES string of the molecule is C=C(C)c1c(-c2cc(C)c(=O)n(C)c2)n(COCCS(C)(C)C)c2cnc(C3CCN(C(=O)OC(C)(C)C)CC3)nc12. The Morgan fingerprint density at radius 2 is 1.86 bits per heavy atom. The zero-order valence-corrected chi connectivity index (χ0v) is 27.6. The van der Waals surface area contributed by atoms with Crippen molar-refractivity contribution in [1.29, 1.82) is 0 Å². The first-order chi connectivity index (χ1) is 19.6. The van der Waals surface area contributed by atoms with Crippen LogP contribution in [0.4, 0.5) is 4.79 Å². The second-order valence-corrected chi connectivity index (χ2v) is 17.9. The van der Waals surface area contributed by atoms with E-state index in [-0.39, 0.29) is 17.6 Å². The number of pyridine rings is 1. The summed E-state index contributed by atoms with van der Waals surface area (Å²) in [5.74, 6) is 1.91. The van der Waals surface area contributed by atoms with Gasteiger partial charge in [0.15, 0.2) is 0 Å². The molecule has 0 aromatic carbocycles. The molecule has 10 heteroatoms. The molecule has 0 atom stereocenters. The number of hydrogen-bond donors (Lipinski definition) is 0. The van der Waals surface area contributed by atoms with Crippen molar-refractivity contribution in [2.24, 2.45) is 7.05 Å². The van der Waals surface area contributed by atoms with Crippen LogP contribution in [0.5, 0.6) is 0 Å². The number of aryl methyl sites for hydroxylation is 2. The van der Waals surface area contributed by atoms with Gasteiger partial charge in [0.05, 0.1) is 24.0 Å². The number of carbonyl (C=O) groups excluding carboxylic acids is 1. The molecule has 1 amide bonds. The molecule has 0 spiro atoms. The van der Waals surface area contributed by atoms with Crippen molar-refractivity contribution in [3.8, 4) is 11.3 Å². The summed E-state index contributed by atoms with van der Waals surface area (Å²) in [5.41, 5.74) is 5.46. The number of likely N-dealkylation sites (tertiary alicyclic amines) is 1. The first kappa shape index (κ1) is 31.8. The minimum atomic E-state index is -0.688. The average Bonchev–Trinajstić information content (AvgIpc) is 3.21. The van der Waals surface area contributed by atoms with Gasteiger partial charge in [0.2, 0.25) is 0 Å². The van der Waals surface area contributed by atoms with Crippen LogP contribution in [0.2, 0.25) is 0 Å². The molecule has 0 unspecified atom stereocenters. The van der Waals surface area contributed by atoms with Crippen molar-refractivity contribution in [3.05, 3.63) is 52.3 Å². The summed E-state index contributed by atoms with van der Waals surface area (Å²) < 4.78 is 15.5. The lowest BCUT2D eigenvalue weighted by Gasteiger charge is -2.32. The molecular formula is C32H47N5O4S. The molecule has 1 saturated heterocycles. The number of hydrogen-bond acceptors (Lipinski definition) is 6. The minimum Gasteiger partial charge on any atom is -0.444 e. The Morgan fingerprint density at radius 1 is 1.19 bits per heavy atom. The Hall–Kier alpha value is -3.11. The van der Waals surface area contributed by atoms with E-state index in [1.165, 1.54) is 0 Å². The summed E-state index contributed by atoms with van der Waals surface area (Å²) >= 11 is 0. The fraction of sp³-hybridized carbons (Fsp3) is 0.562. The van der Waals surface area contributed by atoms with Crippen molar-refractivity contribution in [2.45, 2.75) is 65.7 Å². The lowest BCUT2D eigenvalue weighted by Crippen LogP contribution is -2.41. The van der Waals surface area contributed by atoms with Crippen LogP contribution in [0.1, 0.15) is 63.4 Å². The van der Waals surface area contributed by atoms with Crippen LogP contribution in [0.15, 0.2) is 29.8 Å². The van der Waals surface area contributed by atoms with E-state index in [9.17, 15) is 9.59 Å². The lowest BCUT2D eigenvalue weighted by molar-refractivity contribution is 0.0203.